The number of nitrogens with two attached hydrogens (primary N) is 1. The van der Waals surface area contributed by atoms with Crippen molar-refractivity contribution >= 4 is 32.6 Å². The number of thiol groups is 1. The van der Waals surface area contributed by atoms with Gasteiger partial charge in [-0.15, -0.1) is 0 Å². The molecule has 2 aromatic rings. The monoisotopic (exact) mass is 382 g/mol. The Kier molecular flexibility index (Phi) is 4.20. The number of rotatable bonds is 2. The molecule has 23 heavy (non-hydrogen) atoms. The van der Waals surface area contributed by atoms with Crippen LogP contribution in [0.4, 0.5) is 5.82 Å². The van der Waals surface area contributed by atoms with Gasteiger partial charge in [-0.3, -0.25) is 0 Å². The van der Waals surface area contributed by atoms with Crippen LogP contribution < -0.4 is 5.73 Å². The van der Waals surface area contributed by atoms with Crippen molar-refractivity contribution in [1.29, 1.82) is 10.5 Å². The first-order valence-electron chi connectivity index (χ1n) is 6.68. The van der Waals surface area contributed by atoms with Gasteiger partial charge < -0.3 is 5.73 Å². The largest absolute Gasteiger partial charge is 0.383 e. The van der Waals surface area contributed by atoms with Gasteiger partial charge in [0.1, 0.15) is 28.5 Å². The molecule has 2 N–H and O–H groups in total. The van der Waals surface area contributed by atoms with Crippen LogP contribution in [0.3, 0.4) is 0 Å². The Hall–Kier alpha value is -2.54. The molecule has 3 rings (SSSR count). The first kappa shape index (κ1) is 15.4. The molecule has 2 heterocycles. The van der Waals surface area contributed by atoms with Crippen LogP contribution in [0.1, 0.15) is 11.1 Å². The molecule has 1 aliphatic heterocycles. The van der Waals surface area contributed by atoms with Crippen molar-refractivity contribution in [1.82, 2.24) is 4.98 Å². The Labute approximate surface area is 145 Å². The van der Waals surface area contributed by atoms with Gasteiger partial charge in [-0.05, 0) is 28.5 Å². The molecule has 1 aromatic carbocycles. The van der Waals surface area contributed by atoms with Gasteiger partial charge >= 0.3 is 0 Å². The van der Waals surface area contributed by atoms with Crippen LogP contribution in [-0.2, 0) is 0 Å². The molecule has 0 aliphatic carbocycles. The lowest BCUT2D eigenvalue weighted by Gasteiger charge is -2.17. The van der Waals surface area contributed by atoms with E-state index in [-0.39, 0.29) is 11.4 Å². The van der Waals surface area contributed by atoms with Gasteiger partial charge in [0.05, 0.1) is 5.56 Å². The molecule has 0 radical (unpaired) electrons. The van der Waals surface area contributed by atoms with Crippen molar-refractivity contribution in [2.45, 2.75) is 5.03 Å². The van der Waals surface area contributed by atoms with Crippen LogP contribution >= 0.6 is 26.8 Å². The van der Waals surface area contributed by atoms with Gasteiger partial charge in [0.2, 0.25) is 0 Å². The normalized spacial score (nSPS) is 13.8. The van der Waals surface area contributed by atoms with E-state index in [2.05, 4.69) is 33.1 Å². The molecule has 0 bridgehead atoms. The third-order valence-electron chi connectivity index (χ3n) is 3.39. The van der Waals surface area contributed by atoms with Crippen molar-refractivity contribution in [2.75, 3.05) is 5.73 Å². The minimum absolute atomic E-state index is 0.160. The molecule has 0 spiro atoms. The van der Waals surface area contributed by atoms with Gasteiger partial charge in [-0.1, -0.05) is 40.2 Å². The standard InChI is InChI=1S/C17H11BrN4S/c18-12-5-3-4-11(8-12)15-13(9-19)16(21)22-17(14(15)10-20)23-6-1-2-7-23/h1-8,23H,(H2,21,22). The summed E-state index contributed by atoms with van der Waals surface area (Å²) in [5.41, 5.74) is 7.98. The molecule has 112 valence electrons. The van der Waals surface area contributed by atoms with Crippen LogP contribution in [0.15, 0.2) is 56.7 Å². The average molecular weight is 383 g/mol. The van der Waals surface area contributed by atoms with E-state index >= 15 is 0 Å². The van der Waals surface area contributed by atoms with Gasteiger partial charge in [0.25, 0.3) is 0 Å². The van der Waals surface area contributed by atoms with Gasteiger partial charge in [0.15, 0.2) is 0 Å². The number of nitrogens with zero attached hydrogens (tertiary/aromatic N) is 3. The fourth-order valence-corrected chi connectivity index (χ4v) is 4.40. The Morgan fingerprint density at radius 3 is 2.39 bits per heavy atom. The molecule has 0 unspecified atom stereocenters. The molecule has 0 amide bonds. The fraction of sp³-hybridized carbons (Fsp3) is 0. The highest BCUT2D eigenvalue weighted by atomic mass is 79.9. The number of aromatic nitrogens is 1. The summed E-state index contributed by atoms with van der Waals surface area (Å²) in [7, 11) is -0.811. The van der Waals surface area contributed by atoms with Crippen LogP contribution in [-0.4, -0.2) is 4.98 Å². The van der Waals surface area contributed by atoms with E-state index in [1.807, 2.05) is 47.2 Å². The minimum atomic E-state index is -0.811. The van der Waals surface area contributed by atoms with Crippen molar-refractivity contribution in [2.24, 2.45) is 0 Å². The molecule has 1 aliphatic rings. The number of nitriles is 2. The molecule has 0 saturated heterocycles. The summed E-state index contributed by atoms with van der Waals surface area (Å²) < 4.78 is 0.867. The van der Waals surface area contributed by atoms with Gasteiger partial charge in [-0.25, -0.2) is 4.98 Å². The zero-order chi connectivity index (χ0) is 16.4. The van der Waals surface area contributed by atoms with E-state index in [0.29, 0.717) is 16.2 Å². The molecular formula is C17H11BrN4S. The van der Waals surface area contributed by atoms with E-state index in [1.165, 1.54) is 0 Å². The van der Waals surface area contributed by atoms with Crippen molar-refractivity contribution in [3.63, 3.8) is 0 Å². The third-order valence-corrected chi connectivity index (χ3v) is 5.68. The lowest BCUT2D eigenvalue weighted by Crippen LogP contribution is -2.04. The zero-order valence-corrected chi connectivity index (χ0v) is 14.3. The number of hydrogen-bond donors (Lipinski definition) is 2. The van der Waals surface area contributed by atoms with Crippen molar-refractivity contribution < 1.29 is 0 Å². The predicted molar refractivity (Wildman–Crippen MR) is 96.7 cm³/mol. The Balaban J connectivity index is 2.37. The maximum absolute atomic E-state index is 9.71. The first-order chi connectivity index (χ1) is 11.2. The number of anilines is 1. The van der Waals surface area contributed by atoms with Crippen molar-refractivity contribution in [3.05, 3.63) is 62.8 Å². The van der Waals surface area contributed by atoms with E-state index in [1.54, 1.807) is 0 Å². The fourth-order valence-electron chi connectivity index (χ4n) is 2.41. The Morgan fingerprint density at radius 2 is 1.78 bits per heavy atom. The third kappa shape index (κ3) is 2.75. The number of hydrogen-bond acceptors (Lipinski definition) is 4. The first-order valence-corrected chi connectivity index (χ1v) is 8.96. The zero-order valence-electron chi connectivity index (χ0n) is 11.9. The highest BCUT2D eigenvalue weighted by molar-refractivity contribution is 9.10. The Morgan fingerprint density at radius 1 is 1.09 bits per heavy atom. The molecule has 1 aromatic heterocycles. The summed E-state index contributed by atoms with van der Waals surface area (Å²) in [6.07, 6.45) is 3.86. The molecular weight excluding hydrogens is 372 g/mol. The summed E-state index contributed by atoms with van der Waals surface area (Å²) >= 11 is 3.42. The summed E-state index contributed by atoms with van der Waals surface area (Å²) in [5, 5.41) is 23.9. The summed E-state index contributed by atoms with van der Waals surface area (Å²) in [6.45, 7) is 0. The second-order valence-electron chi connectivity index (χ2n) is 4.77. The molecule has 0 saturated carbocycles. The topological polar surface area (TPSA) is 86.5 Å². The number of allylic oxidation sites excluding steroid dienone is 2. The van der Waals surface area contributed by atoms with E-state index in [0.717, 1.165) is 10.0 Å². The van der Waals surface area contributed by atoms with Crippen LogP contribution in [0, 0.1) is 22.7 Å². The summed E-state index contributed by atoms with van der Waals surface area (Å²) in [6, 6.07) is 11.8. The lowest BCUT2D eigenvalue weighted by atomic mass is 9.97. The quantitative estimate of drug-likeness (QED) is 0.760. The predicted octanol–water partition coefficient (Wildman–Crippen LogP) is 4.24. The average Bonchev–Trinajstić information content (AvgIpc) is 3.08. The number of halogens is 1. The smallest absolute Gasteiger partial charge is 0.143 e. The van der Waals surface area contributed by atoms with E-state index in [9.17, 15) is 10.5 Å². The van der Waals surface area contributed by atoms with E-state index in [4.69, 9.17) is 5.73 Å². The second kappa shape index (κ2) is 6.29. The maximum atomic E-state index is 9.71. The highest BCUT2D eigenvalue weighted by Crippen LogP contribution is 2.46. The van der Waals surface area contributed by atoms with E-state index < -0.39 is 10.9 Å². The minimum Gasteiger partial charge on any atom is -0.383 e. The SMILES string of the molecule is N#Cc1c(N)nc([SH]2C=CC=C2)c(C#N)c1-c1cccc(Br)c1. The van der Waals surface area contributed by atoms with Gasteiger partial charge in [0, 0.05) is 10.0 Å². The summed E-state index contributed by atoms with van der Waals surface area (Å²) in [4.78, 5) is 4.35. The molecule has 4 nitrogen and oxygen atoms in total. The summed E-state index contributed by atoms with van der Waals surface area (Å²) in [5.74, 6) is 0.160. The highest BCUT2D eigenvalue weighted by Gasteiger charge is 2.22. The Bertz CT molecular complexity index is 923. The second-order valence-corrected chi connectivity index (χ2v) is 7.52. The van der Waals surface area contributed by atoms with Gasteiger partial charge in [-0.2, -0.15) is 21.4 Å². The van der Waals surface area contributed by atoms with Crippen LogP contribution in [0.5, 0.6) is 0 Å². The molecule has 0 fully saturated rings. The van der Waals surface area contributed by atoms with Crippen molar-refractivity contribution in [3.8, 4) is 23.3 Å². The number of benzene rings is 1. The number of pyridine rings is 1. The molecule has 6 heteroatoms. The lowest BCUT2D eigenvalue weighted by molar-refractivity contribution is 1.12. The molecule has 0 atom stereocenters. The number of nitrogen functional groups attached to an aromatic ring is 1. The maximum Gasteiger partial charge on any atom is 0.143 e. The van der Waals surface area contributed by atoms with Crippen LogP contribution in [0.25, 0.3) is 11.1 Å². The van der Waals surface area contributed by atoms with Crippen LogP contribution in [0.2, 0.25) is 0 Å².